The minimum absolute atomic E-state index is 0.277. The van der Waals surface area contributed by atoms with E-state index in [1.54, 1.807) is 7.11 Å². The molecule has 0 amide bonds. The lowest BCUT2D eigenvalue weighted by molar-refractivity contribution is -0.134. The second-order valence-corrected chi connectivity index (χ2v) is 12.7. The van der Waals surface area contributed by atoms with Gasteiger partial charge in [-0.15, -0.1) is 0 Å². The molecule has 0 unspecified atom stereocenters. The molecule has 0 aliphatic carbocycles. The summed E-state index contributed by atoms with van der Waals surface area (Å²) in [4.78, 5) is 11.0. The Kier molecular flexibility index (Phi) is 11.8. The Bertz CT molecular complexity index is 433. The zero-order valence-corrected chi connectivity index (χ0v) is 18.3. The van der Waals surface area contributed by atoms with Crippen molar-refractivity contribution in [1.82, 2.24) is 0 Å². The molecular weight excluding hydrogens is 332 g/mol. The van der Waals surface area contributed by atoms with Gasteiger partial charge in [0, 0.05) is 12.7 Å². The molecule has 0 aromatic rings. The van der Waals surface area contributed by atoms with Gasteiger partial charge >= 0.3 is 5.97 Å². The van der Waals surface area contributed by atoms with Crippen LogP contribution in [-0.4, -0.2) is 35.1 Å². The number of unbranched alkanes of at least 4 members (excludes halogenated alkanes) is 2. The van der Waals surface area contributed by atoms with Gasteiger partial charge < -0.3 is 13.9 Å². The molecule has 0 aromatic heterocycles. The van der Waals surface area contributed by atoms with E-state index in [-0.39, 0.29) is 11.0 Å². The van der Waals surface area contributed by atoms with E-state index < -0.39 is 8.32 Å². The van der Waals surface area contributed by atoms with Crippen LogP contribution in [0.3, 0.4) is 0 Å². The monoisotopic (exact) mass is 370 g/mol. The van der Waals surface area contributed by atoms with Crippen molar-refractivity contribution >= 4 is 14.3 Å². The molecule has 4 nitrogen and oxygen atoms in total. The molecule has 0 N–H and O–H groups in total. The summed E-state index contributed by atoms with van der Waals surface area (Å²) in [6.07, 6.45) is 11.3. The van der Waals surface area contributed by atoms with Crippen LogP contribution in [0.4, 0.5) is 0 Å². The van der Waals surface area contributed by atoms with E-state index in [2.05, 4.69) is 38.6 Å². The van der Waals surface area contributed by atoms with Crippen molar-refractivity contribution in [3.8, 4) is 0 Å². The minimum atomic E-state index is -1.61. The van der Waals surface area contributed by atoms with Crippen molar-refractivity contribution in [1.29, 1.82) is 0 Å². The van der Waals surface area contributed by atoms with Gasteiger partial charge in [0.1, 0.15) is 0 Å². The van der Waals surface area contributed by atoms with Crippen molar-refractivity contribution in [3.05, 3.63) is 24.0 Å². The number of allylic oxidation sites excluding steroid dienone is 2. The Morgan fingerprint density at radius 2 is 1.72 bits per heavy atom. The van der Waals surface area contributed by atoms with E-state index in [0.717, 1.165) is 45.1 Å². The lowest BCUT2D eigenvalue weighted by atomic mass is 10.0. The summed E-state index contributed by atoms with van der Waals surface area (Å²) in [6.45, 7) is 12.3. The van der Waals surface area contributed by atoms with Crippen LogP contribution >= 0.6 is 0 Å². The van der Waals surface area contributed by atoms with Gasteiger partial charge in [-0.3, -0.25) is 0 Å². The standard InChI is InChI=1S/C20H38O4Si/c1-20(2,3)25(6,7)24-16-12-8-9-13-18(17-22-4)14-10-11-15-19(21)23-5/h11,15,17H,8-10,12-14,16H2,1-7H3/b15-11+,18-17+. The van der Waals surface area contributed by atoms with Gasteiger partial charge in [0.15, 0.2) is 8.32 Å². The number of carbonyl (C=O) groups is 1. The van der Waals surface area contributed by atoms with Crippen molar-refractivity contribution < 1.29 is 18.7 Å². The van der Waals surface area contributed by atoms with Gasteiger partial charge in [0.05, 0.1) is 20.5 Å². The molecular formula is C20H38O4Si. The van der Waals surface area contributed by atoms with Crippen LogP contribution in [0.1, 0.15) is 59.3 Å². The quantitative estimate of drug-likeness (QED) is 0.147. The van der Waals surface area contributed by atoms with Crippen LogP contribution in [0.2, 0.25) is 18.1 Å². The second-order valence-electron chi connectivity index (χ2n) is 7.90. The topological polar surface area (TPSA) is 44.8 Å². The predicted octanol–water partition coefficient (Wildman–Crippen LogP) is 5.61. The maximum atomic E-state index is 11.0. The molecule has 0 aliphatic rings. The van der Waals surface area contributed by atoms with Gasteiger partial charge in [-0.05, 0) is 55.8 Å². The zero-order chi connectivity index (χ0) is 19.3. The normalized spacial score (nSPS) is 13.3. The molecule has 0 fully saturated rings. The molecule has 0 saturated carbocycles. The first-order chi connectivity index (χ1) is 11.6. The van der Waals surface area contributed by atoms with Gasteiger partial charge in [0.2, 0.25) is 0 Å². The molecule has 0 saturated heterocycles. The lowest BCUT2D eigenvalue weighted by Crippen LogP contribution is -2.40. The molecule has 0 bridgehead atoms. The predicted molar refractivity (Wildman–Crippen MR) is 107 cm³/mol. The van der Waals surface area contributed by atoms with Crippen LogP contribution in [0.15, 0.2) is 24.0 Å². The van der Waals surface area contributed by atoms with Crippen LogP contribution in [0.25, 0.3) is 0 Å². The third-order valence-corrected chi connectivity index (χ3v) is 9.32. The molecule has 0 rings (SSSR count). The van der Waals surface area contributed by atoms with Crippen LogP contribution in [0, 0.1) is 0 Å². The largest absolute Gasteiger partial charge is 0.504 e. The summed E-state index contributed by atoms with van der Waals surface area (Å²) in [7, 11) is 1.45. The van der Waals surface area contributed by atoms with Gasteiger partial charge in [-0.2, -0.15) is 0 Å². The highest BCUT2D eigenvalue weighted by atomic mass is 28.4. The number of hydrogen-bond donors (Lipinski definition) is 0. The van der Waals surface area contributed by atoms with E-state index in [1.807, 2.05) is 12.3 Å². The Balaban J connectivity index is 4.00. The highest BCUT2D eigenvalue weighted by Gasteiger charge is 2.36. The summed E-state index contributed by atoms with van der Waals surface area (Å²) in [5, 5.41) is 0.277. The Morgan fingerprint density at radius 1 is 1.04 bits per heavy atom. The zero-order valence-electron chi connectivity index (χ0n) is 17.3. The first-order valence-corrected chi connectivity index (χ1v) is 12.1. The fourth-order valence-electron chi connectivity index (χ4n) is 2.10. The molecule has 0 heterocycles. The number of hydrogen-bond acceptors (Lipinski definition) is 4. The van der Waals surface area contributed by atoms with E-state index in [9.17, 15) is 4.79 Å². The molecule has 0 aromatic carbocycles. The van der Waals surface area contributed by atoms with Gasteiger partial charge in [-0.1, -0.05) is 33.3 Å². The molecule has 0 aliphatic heterocycles. The summed E-state index contributed by atoms with van der Waals surface area (Å²) in [6, 6.07) is 0. The lowest BCUT2D eigenvalue weighted by Gasteiger charge is -2.36. The average molecular weight is 371 g/mol. The summed E-state index contributed by atoms with van der Waals surface area (Å²) in [5.74, 6) is -0.306. The third-order valence-electron chi connectivity index (χ3n) is 4.78. The molecule has 0 radical (unpaired) electrons. The number of methoxy groups -OCH3 is 2. The molecule has 0 spiro atoms. The fourth-order valence-corrected chi connectivity index (χ4v) is 3.19. The Labute approximate surface area is 155 Å². The van der Waals surface area contributed by atoms with Crippen LogP contribution < -0.4 is 0 Å². The van der Waals surface area contributed by atoms with Crippen LogP contribution in [0.5, 0.6) is 0 Å². The smallest absolute Gasteiger partial charge is 0.330 e. The fraction of sp³-hybridized carbons (Fsp3) is 0.750. The summed E-state index contributed by atoms with van der Waals surface area (Å²) in [5.41, 5.74) is 1.28. The average Bonchev–Trinajstić information content (AvgIpc) is 2.53. The molecule has 0 atom stereocenters. The van der Waals surface area contributed by atoms with E-state index in [0.29, 0.717) is 0 Å². The second kappa shape index (κ2) is 12.3. The van der Waals surface area contributed by atoms with E-state index in [1.165, 1.54) is 18.8 Å². The maximum absolute atomic E-state index is 11.0. The Morgan fingerprint density at radius 3 is 2.28 bits per heavy atom. The van der Waals surface area contributed by atoms with Crippen molar-refractivity contribution in [2.24, 2.45) is 0 Å². The first-order valence-electron chi connectivity index (χ1n) is 9.23. The van der Waals surface area contributed by atoms with Crippen molar-refractivity contribution in [2.75, 3.05) is 20.8 Å². The minimum Gasteiger partial charge on any atom is -0.504 e. The number of carbonyl (C=O) groups excluding carboxylic acids is 1. The summed E-state index contributed by atoms with van der Waals surface area (Å²) < 4.78 is 16.0. The van der Waals surface area contributed by atoms with Crippen molar-refractivity contribution in [2.45, 2.75) is 77.4 Å². The van der Waals surface area contributed by atoms with E-state index >= 15 is 0 Å². The Hall–Kier alpha value is -1.07. The van der Waals surface area contributed by atoms with Crippen molar-refractivity contribution in [3.63, 3.8) is 0 Å². The number of esters is 1. The molecule has 25 heavy (non-hydrogen) atoms. The van der Waals surface area contributed by atoms with Crippen LogP contribution in [-0.2, 0) is 18.7 Å². The first kappa shape index (κ1) is 23.9. The van der Waals surface area contributed by atoms with E-state index in [4.69, 9.17) is 9.16 Å². The molecule has 5 heteroatoms. The number of ether oxygens (including phenoxy) is 2. The number of rotatable bonds is 12. The highest BCUT2D eigenvalue weighted by molar-refractivity contribution is 6.74. The van der Waals surface area contributed by atoms with Gasteiger partial charge in [-0.25, -0.2) is 4.79 Å². The highest BCUT2D eigenvalue weighted by Crippen LogP contribution is 2.36. The molecule has 146 valence electrons. The third kappa shape index (κ3) is 11.2. The summed E-state index contributed by atoms with van der Waals surface area (Å²) >= 11 is 0. The van der Waals surface area contributed by atoms with Gasteiger partial charge in [0.25, 0.3) is 0 Å². The maximum Gasteiger partial charge on any atom is 0.330 e. The SMILES string of the molecule is CO/C=C(/CC/C=C/C(=O)OC)CCCCCO[Si](C)(C)C(C)(C)C.